The molecule has 0 heterocycles. The van der Waals surface area contributed by atoms with Crippen LogP contribution in [-0.4, -0.2) is 31.6 Å². The van der Waals surface area contributed by atoms with E-state index in [1.54, 1.807) is 6.07 Å². The first-order valence-electron chi connectivity index (χ1n) is 6.99. The molecule has 0 fully saturated rings. The molecular weight excluding hydrogens is 326 g/mol. The molecule has 22 heavy (non-hydrogen) atoms. The highest BCUT2D eigenvalue weighted by Crippen LogP contribution is 2.44. The Balaban J connectivity index is 2.61. The van der Waals surface area contributed by atoms with Crippen molar-refractivity contribution in [3.8, 4) is 5.75 Å². The first kappa shape index (κ1) is 17.1. The van der Waals surface area contributed by atoms with Crippen molar-refractivity contribution in [1.29, 1.82) is 0 Å². The normalized spacial score (nSPS) is 16.4. The molecule has 1 aliphatic rings. The van der Waals surface area contributed by atoms with Crippen LogP contribution in [0.4, 0.5) is 0 Å². The molecular formula is C15H20ClNO4S. The molecule has 5 nitrogen and oxygen atoms in total. The number of alkyl halides is 1. The number of benzene rings is 1. The number of phenolic OH excluding ortho intramolecular Hbond substituents is 1. The molecule has 0 spiro atoms. The summed E-state index contributed by atoms with van der Waals surface area (Å²) in [6.45, 7) is 4.16. The third-order valence-corrected chi connectivity index (χ3v) is 5.55. The van der Waals surface area contributed by atoms with E-state index >= 15 is 0 Å². The predicted molar refractivity (Wildman–Crippen MR) is 85.1 cm³/mol. The topological polar surface area (TPSA) is 83.5 Å². The van der Waals surface area contributed by atoms with Gasteiger partial charge < -0.3 is 10.4 Å². The molecule has 0 unspecified atom stereocenters. The second kappa shape index (κ2) is 5.74. The largest absolute Gasteiger partial charge is 0.506 e. The minimum absolute atomic E-state index is 0.0686. The maximum Gasteiger partial charge on any atom is 0.235 e. The van der Waals surface area contributed by atoms with E-state index in [4.69, 9.17) is 11.6 Å². The minimum atomic E-state index is -3.56. The van der Waals surface area contributed by atoms with Crippen LogP contribution in [0.25, 0.3) is 0 Å². The van der Waals surface area contributed by atoms with Gasteiger partial charge in [0.05, 0.1) is 0 Å². The zero-order valence-corrected chi connectivity index (χ0v) is 14.4. The third-order valence-electron chi connectivity index (χ3n) is 4.20. The van der Waals surface area contributed by atoms with Gasteiger partial charge in [-0.15, -0.1) is 11.6 Å². The summed E-state index contributed by atoms with van der Waals surface area (Å²) in [5.41, 5.74) is 2.15. The van der Waals surface area contributed by atoms with Crippen molar-refractivity contribution in [1.82, 2.24) is 5.32 Å². The number of sulfone groups is 1. The zero-order chi connectivity index (χ0) is 16.7. The average molecular weight is 346 g/mol. The summed E-state index contributed by atoms with van der Waals surface area (Å²) in [4.78, 5) is 11.3. The second-order valence-corrected chi connectivity index (χ2v) is 8.55. The SMILES string of the molecule is CC1(C)CCc2c1cc(S(C)(=O)=O)c(O)c2CNC(=O)CCl. The van der Waals surface area contributed by atoms with E-state index in [0.29, 0.717) is 5.56 Å². The van der Waals surface area contributed by atoms with Gasteiger partial charge in [-0.1, -0.05) is 13.8 Å². The molecule has 0 aromatic heterocycles. The van der Waals surface area contributed by atoms with Crippen LogP contribution >= 0.6 is 11.6 Å². The number of hydrogen-bond donors (Lipinski definition) is 2. The van der Waals surface area contributed by atoms with E-state index in [1.165, 1.54) is 0 Å². The van der Waals surface area contributed by atoms with Gasteiger partial charge in [-0.2, -0.15) is 0 Å². The number of aromatic hydroxyl groups is 1. The van der Waals surface area contributed by atoms with Crippen molar-refractivity contribution in [2.75, 3.05) is 12.1 Å². The van der Waals surface area contributed by atoms with Gasteiger partial charge in [0.1, 0.15) is 16.5 Å². The van der Waals surface area contributed by atoms with E-state index < -0.39 is 9.84 Å². The zero-order valence-electron chi connectivity index (χ0n) is 12.9. The maximum atomic E-state index is 11.9. The van der Waals surface area contributed by atoms with Crippen molar-refractivity contribution < 1.29 is 18.3 Å². The Morgan fingerprint density at radius 3 is 2.64 bits per heavy atom. The smallest absolute Gasteiger partial charge is 0.235 e. The lowest BCUT2D eigenvalue weighted by molar-refractivity contribution is -0.118. The standard InChI is InChI=1S/C15H20ClNO4S/c1-15(2)5-4-9-10(8-17-13(18)7-16)14(19)12(6-11(9)15)22(3,20)21/h6,19H,4-5,7-8H2,1-3H3,(H,17,18). The highest BCUT2D eigenvalue weighted by molar-refractivity contribution is 7.90. The van der Waals surface area contributed by atoms with Gasteiger partial charge >= 0.3 is 0 Å². The fourth-order valence-electron chi connectivity index (χ4n) is 2.91. The Hall–Kier alpha value is -1.27. The van der Waals surface area contributed by atoms with E-state index in [2.05, 4.69) is 5.32 Å². The van der Waals surface area contributed by atoms with Crippen LogP contribution in [0.1, 0.15) is 37.0 Å². The van der Waals surface area contributed by atoms with Gasteiger partial charge in [0.25, 0.3) is 0 Å². The summed E-state index contributed by atoms with van der Waals surface area (Å²) in [5.74, 6) is -0.814. The molecule has 2 rings (SSSR count). The molecule has 1 aromatic rings. The fourth-order valence-corrected chi connectivity index (χ4v) is 3.81. The van der Waals surface area contributed by atoms with Gasteiger partial charge in [0, 0.05) is 18.4 Å². The average Bonchev–Trinajstić information content (AvgIpc) is 2.71. The van der Waals surface area contributed by atoms with Gasteiger partial charge in [0.15, 0.2) is 9.84 Å². The van der Waals surface area contributed by atoms with Crippen LogP contribution < -0.4 is 5.32 Å². The molecule has 1 aromatic carbocycles. The van der Waals surface area contributed by atoms with Gasteiger partial charge in [0.2, 0.25) is 5.91 Å². The van der Waals surface area contributed by atoms with Gasteiger partial charge in [-0.05, 0) is 35.4 Å². The molecule has 2 N–H and O–H groups in total. The monoisotopic (exact) mass is 345 g/mol. The molecule has 0 saturated heterocycles. The number of carbonyl (C=O) groups is 1. The Labute approximate surface area is 135 Å². The van der Waals surface area contributed by atoms with Crippen molar-refractivity contribution in [3.63, 3.8) is 0 Å². The van der Waals surface area contributed by atoms with Crippen LogP contribution in [0, 0.1) is 0 Å². The van der Waals surface area contributed by atoms with Crippen molar-refractivity contribution in [2.45, 2.75) is 43.5 Å². The number of nitrogens with one attached hydrogen (secondary N) is 1. The van der Waals surface area contributed by atoms with Crippen LogP contribution in [0.2, 0.25) is 0 Å². The first-order chi connectivity index (χ1) is 10.1. The van der Waals surface area contributed by atoms with Crippen LogP contribution in [0.15, 0.2) is 11.0 Å². The van der Waals surface area contributed by atoms with Crippen molar-refractivity contribution in [3.05, 3.63) is 22.8 Å². The van der Waals surface area contributed by atoms with Gasteiger partial charge in [-0.25, -0.2) is 8.42 Å². The van der Waals surface area contributed by atoms with Crippen LogP contribution in [-0.2, 0) is 33.0 Å². The van der Waals surface area contributed by atoms with Crippen molar-refractivity contribution >= 4 is 27.3 Å². The summed E-state index contributed by atoms with van der Waals surface area (Å²) in [7, 11) is -3.56. The molecule has 122 valence electrons. The lowest BCUT2D eigenvalue weighted by Gasteiger charge is -2.21. The first-order valence-corrected chi connectivity index (χ1v) is 9.41. The number of halogens is 1. The number of fused-ring (bicyclic) bond motifs is 1. The summed E-state index contributed by atoms with van der Waals surface area (Å²) < 4.78 is 23.9. The summed E-state index contributed by atoms with van der Waals surface area (Å²) in [5, 5.41) is 13.0. The summed E-state index contributed by atoms with van der Waals surface area (Å²) >= 11 is 5.45. The van der Waals surface area contributed by atoms with Crippen molar-refractivity contribution in [2.24, 2.45) is 0 Å². The number of hydrogen-bond acceptors (Lipinski definition) is 4. The van der Waals surface area contributed by atoms with E-state index in [1.807, 2.05) is 13.8 Å². The number of phenols is 1. The molecule has 0 saturated carbocycles. The Bertz CT molecular complexity index is 726. The summed E-state index contributed by atoms with van der Waals surface area (Å²) in [6, 6.07) is 1.57. The maximum absolute atomic E-state index is 11.9. The molecule has 1 amide bonds. The predicted octanol–water partition coefficient (Wildman–Crippen LogP) is 1.87. The van der Waals surface area contributed by atoms with Crippen LogP contribution in [0.5, 0.6) is 5.75 Å². The van der Waals surface area contributed by atoms with Crippen LogP contribution in [0.3, 0.4) is 0 Å². The van der Waals surface area contributed by atoms with E-state index in [9.17, 15) is 18.3 Å². The third kappa shape index (κ3) is 3.08. The quantitative estimate of drug-likeness (QED) is 0.816. The highest BCUT2D eigenvalue weighted by Gasteiger charge is 2.35. The molecule has 7 heteroatoms. The van der Waals surface area contributed by atoms with E-state index in [-0.39, 0.29) is 34.4 Å². The molecule has 1 aliphatic carbocycles. The Morgan fingerprint density at radius 1 is 1.45 bits per heavy atom. The Morgan fingerprint density at radius 2 is 2.09 bits per heavy atom. The second-order valence-electron chi connectivity index (χ2n) is 6.29. The number of rotatable bonds is 4. The molecule has 0 bridgehead atoms. The summed E-state index contributed by atoms with van der Waals surface area (Å²) in [6.07, 6.45) is 2.68. The lowest BCUT2D eigenvalue weighted by atomic mass is 9.86. The minimum Gasteiger partial charge on any atom is -0.506 e. The molecule has 0 radical (unpaired) electrons. The number of carbonyl (C=O) groups excluding carboxylic acids is 1. The van der Waals surface area contributed by atoms with Gasteiger partial charge in [-0.3, -0.25) is 4.79 Å². The lowest BCUT2D eigenvalue weighted by Crippen LogP contribution is -2.25. The fraction of sp³-hybridized carbons (Fsp3) is 0.533. The Kier molecular flexibility index (Phi) is 4.46. The number of amides is 1. The molecule has 0 atom stereocenters. The molecule has 0 aliphatic heterocycles. The highest BCUT2D eigenvalue weighted by atomic mass is 35.5. The van der Waals surface area contributed by atoms with E-state index in [0.717, 1.165) is 30.2 Å².